The Morgan fingerprint density at radius 3 is 1.70 bits per heavy atom. The molecular weight excluding hydrogens is 620 g/mol. The average Bonchev–Trinajstić information content (AvgIpc) is 3.03. The summed E-state index contributed by atoms with van der Waals surface area (Å²) >= 11 is 1.39. The molecule has 1 rings (SSSR count). The van der Waals surface area contributed by atoms with Crippen molar-refractivity contribution in [3.63, 3.8) is 0 Å². The van der Waals surface area contributed by atoms with Crippen LogP contribution in [0.3, 0.4) is 0 Å². The first-order valence-electron chi connectivity index (χ1n) is 14.9. The highest BCUT2D eigenvalue weighted by atomic mass is 32.2. The van der Waals surface area contributed by atoms with Crippen molar-refractivity contribution in [2.75, 3.05) is 38.9 Å². The second kappa shape index (κ2) is 19.8. The molecule has 0 aromatic heterocycles. The summed E-state index contributed by atoms with van der Waals surface area (Å²) in [5.41, 5.74) is -2.22. The van der Waals surface area contributed by atoms with Crippen molar-refractivity contribution in [2.45, 2.75) is 80.8 Å². The van der Waals surface area contributed by atoms with Gasteiger partial charge in [0.05, 0.1) is 48.0 Å². The van der Waals surface area contributed by atoms with E-state index in [1.54, 1.807) is 27.7 Å². The van der Waals surface area contributed by atoms with Crippen LogP contribution in [0.15, 0.2) is 24.3 Å². The van der Waals surface area contributed by atoms with Gasteiger partial charge < -0.3 is 28.8 Å². The van der Waals surface area contributed by atoms with Crippen molar-refractivity contribution in [1.29, 1.82) is 0 Å². The van der Waals surface area contributed by atoms with Crippen molar-refractivity contribution in [2.24, 2.45) is 16.2 Å². The number of rotatable bonds is 17. The first kappa shape index (κ1) is 42.4. The Labute approximate surface area is 276 Å². The van der Waals surface area contributed by atoms with Crippen molar-refractivity contribution in [3.8, 4) is 0 Å². The summed E-state index contributed by atoms with van der Waals surface area (Å²) in [4.78, 5) is 71.4. The smallest absolute Gasteiger partial charge is 0.339 e. The fraction of sp³-hybridized carbons (Fsp3) is 0.636. The molecular formula is C33H50O12S. The zero-order valence-electron chi connectivity index (χ0n) is 28.7. The van der Waals surface area contributed by atoms with Crippen LogP contribution in [0.2, 0.25) is 0 Å². The summed E-state index contributed by atoms with van der Waals surface area (Å²) in [5, 5.41) is 9.34. The lowest BCUT2D eigenvalue weighted by Gasteiger charge is -2.23. The Morgan fingerprint density at radius 1 is 0.739 bits per heavy atom. The zero-order valence-corrected chi connectivity index (χ0v) is 29.5. The molecule has 0 bridgehead atoms. The normalized spacial score (nSPS) is 12.0. The number of carboxylic acids is 1. The summed E-state index contributed by atoms with van der Waals surface area (Å²) in [7, 11) is 2.73. The largest absolute Gasteiger partial charge is 0.478 e. The topological polar surface area (TPSA) is 169 Å². The van der Waals surface area contributed by atoms with Gasteiger partial charge in [0.2, 0.25) is 0 Å². The Kier molecular flexibility index (Phi) is 18.3. The molecule has 0 saturated carbocycles. The second-order valence-electron chi connectivity index (χ2n) is 12.3. The molecule has 0 spiro atoms. The standard InChI is InChI=1S/C26H36O10S.C7H14O2/c1-7-25(2,3)24(32)35-15-17(36-22(30)19-11-9-8-10-18(19)21(28)29)14-34-20(27)12-13-37-16-26(4,5)23(31)33-6;1-5-7(2,3)6(8)9-4/h8-11,17H,7,12-16H2,1-6H3,(H,28,29);5H2,1-4H3. The Balaban J connectivity index is 0.00000195. The quantitative estimate of drug-likeness (QED) is 0.128. The molecule has 46 heavy (non-hydrogen) atoms. The maximum atomic E-state index is 12.7. The molecule has 0 amide bonds. The van der Waals surface area contributed by atoms with Gasteiger partial charge in [-0.2, -0.15) is 11.8 Å². The monoisotopic (exact) mass is 670 g/mol. The number of esters is 5. The van der Waals surface area contributed by atoms with Crippen LogP contribution in [0.4, 0.5) is 0 Å². The molecule has 0 aliphatic rings. The maximum absolute atomic E-state index is 12.7. The molecule has 0 heterocycles. The molecule has 1 N–H and O–H groups in total. The summed E-state index contributed by atoms with van der Waals surface area (Å²) in [5.74, 6) is -3.00. The summed E-state index contributed by atoms with van der Waals surface area (Å²) in [6, 6.07) is 5.52. The number of benzene rings is 1. The highest BCUT2D eigenvalue weighted by molar-refractivity contribution is 7.99. The van der Waals surface area contributed by atoms with E-state index in [-0.39, 0.29) is 41.5 Å². The first-order chi connectivity index (χ1) is 21.3. The van der Waals surface area contributed by atoms with Crippen LogP contribution < -0.4 is 0 Å². The summed E-state index contributed by atoms with van der Waals surface area (Å²) in [6.45, 7) is 13.7. The molecule has 1 unspecified atom stereocenters. The van der Waals surface area contributed by atoms with E-state index in [0.29, 0.717) is 17.9 Å². The van der Waals surface area contributed by atoms with E-state index in [1.807, 2.05) is 27.7 Å². The van der Waals surface area contributed by atoms with Gasteiger partial charge in [0.1, 0.15) is 13.2 Å². The molecule has 12 nitrogen and oxygen atoms in total. The number of thioether (sulfide) groups is 1. The molecule has 260 valence electrons. The van der Waals surface area contributed by atoms with Crippen LogP contribution in [-0.2, 0) is 42.9 Å². The number of hydrogen-bond donors (Lipinski definition) is 1. The number of carbonyl (C=O) groups is 6. The number of carboxylic acid groups (broad SMARTS) is 1. The molecule has 1 aromatic rings. The lowest BCUT2D eigenvalue weighted by molar-refractivity contribution is -0.160. The third kappa shape index (κ3) is 14.7. The van der Waals surface area contributed by atoms with Crippen LogP contribution in [0.1, 0.15) is 95.4 Å². The molecule has 0 radical (unpaired) electrons. The molecule has 0 fully saturated rings. The van der Waals surface area contributed by atoms with Crippen molar-refractivity contribution in [1.82, 2.24) is 0 Å². The average molecular weight is 671 g/mol. The Morgan fingerprint density at radius 2 is 1.22 bits per heavy atom. The summed E-state index contributed by atoms with van der Waals surface area (Å²) < 4.78 is 25.2. The highest BCUT2D eigenvalue weighted by Crippen LogP contribution is 2.24. The van der Waals surface area contributed by atoms with E-state index in [9.17, 15) is 33.9 Å². The van der Waals surface area contributed by atoms with E-state index in [0.717, 1.165) is 6.42 Å². The SMILES string of the molecule is CCC(C)(C)C(=O)OC.CCC(C)(C)C(=O)OCC(COC(=O)CCSCC(C)(C)C(=O)OC)OC(=O)c1ccccc1C(=O)O. The van der Waals surface area contributed by atoms with Crippen LogP contribution in [0.5, 0.6) is 0 Å². The molecule has 13 heteroatoms. The van der Waals surface area contributed by atoms with E-state index >= 15 is 0 Å². The van der Waals surface area contributed by atoms with Gasteiger partial charge in [-0.05, 0) is 66.5 Å². The van der Waals surface area contributed by atoms with Gasteiger partial charge in [0.25, 0.3) is 0 Å². The minimum atomic E-state index is -1.31. The maximum Gasteiger partial charge on any atom is 0.339 e. The second-order valence-corrected chi connectivity index (χ2v) is 13.4. The van der Waals surface area contributed by atoms with Gasteiger partial charge >= 0.3 is 35.8 Å². The molecule has 0 saturated heterocycles. The number of ether oxygens (including phenoxy) is 5. The van der Waals surface area contributed by atoms with E-state index in [1.165, 1.54) is 50.2 Å². The molecule has 1 atom stereocenters. The van der Waals surface area contributed by atoms with Gasteiger partial charge in [-0.3, -0.25) is 19.2 Å². The fourth-order valence-corrected chi connectivity index (χ4v) is 4.27. The molecule has 1 aromatic carbocycles. The van der Waals surface area contributed by atoms with Crippen LogP contribution in [-0.4, -0.2) is 86.0 Å². The zero-order chi connectivity index (χ0) is 35.7. The highest BCUT2D eigenvalue weighted by Gasteiger charge is 2.31. The fourth-order valence-electron chi connectivity index (χ4n) is 3.18. The predicted octanol–water partition coefficient (Wildman–Crippen LogP) is 5.35. The van der Waals surface area contributed by atoms with Gasteiger partial charge in [0, 0.05) is 11.5 Å². The lowest BCUT2D eigenvalue weighted by atomic mass is 9.91. The minimum Gasteiger partial charge on any atom is -0.478 e. The van der Waals surface area contributed by atoms with Gasteiger partial charge in [0.15, 0.2) is 6.10 Å². The number of carbonyl (C=O) groups excluding carboxylic acids is 5. The Hall–Kier alpha value is -3.61. The number of methoxy groups -OCH3 is 2. The van der Waals surface area contributed by atoms with Gasteiger partial charge in [-0.25, -0.2) is 9.59 Å². The minimum absolute atomic E-state index is 0.0348. The number of aromatic carboxylic acids is 1. The number of hydrogen-bond acceptors (Lipinski definition) is 12. The lowest BCUT2D eigenvalue weighted by Crippen LogP contribution is -2.34. The van der Waals surface area contributed by atoms with Crippen LogP contribution in [0.25, 0.3) is 0 Å². The van der Waals surface area contributed by atoms with Crippen LogP contribution in [0, 0.1) is 16.2 Å². The first-order valence-corrected chi connectivity index (χ1v) is 16.1. The summed E-state index contributed by atoms with van der Waals surface area (Å²) in [6.07, 6.45) is 0.217. The van der Waals surface area contributed by atoms with Crippen molar-refractivity contribution in [3.05, 3.63) is 35.4 Å². The third-order valence-corrected chi connectivity index (χ3v) is 8.61. The van der Waals surface area contributed by atoms with Gasteiger partial charge in [-0.1, -0.05) is 26.0 Å². The van der Waals surface area contributed by atoms with Crippen LogP contribution >= 0.6 is 11.8 Å². The predicted molar refractivity (Wildman–Crippen MR) is 172 cm³/mol. The van der Waals surface area contributed by atoms with Crippen molar-refractivity contribution < 1.29 is 57.6 Å². The Bertz CT molecular complexity index is 1190. The third-order valence-electron chi connectivity index (χ3n) is 7.19. The van der Waals surface area contributed by atoms with E-state index in [2.05, 4.69) is 4.74 Å². The van der Waals surface area contributed by atoms with E-state index in [4.69, 9.17) is 18.9 Å². The van der Waals surface area contributed by atoms with E-state index < -0.39 is 47.4 Å². The van der Waals surface area contributed by atoms with Crippen molar-refractivity contribution >= 4 is 47.6 Å². The molecule has 0 aliphatic heterocycles. The van der Waals surface area contributed by atoms with Gasteiger partial charge in [-0.15, -0.1) is 0 Å². The molecule has 0 aliphatic carbocycles.